The molecule has 0 aliphatic heterocycles. The van der Waals surface area contributed by atoms with E-state index in [0.29, 0.717) is 12.0 Å². The number of aliphatic imine (C=N–C) groups is 1. The van der Waals surface area contributed by atoms with Gasteiger partial charge in [0.25, 0.3) is 0 Å². The molecule has 0 bridgehead atoms. The third-order valence-electron chi connectivity index (χ3n) is 4.63. The Morgan fingerprint density at radius 1 is 1.32 bits per heavy atom. The lowest BCUT2D eigenvalue weighted by molar-refractivity contribution is 0.307. The van der Waals surface area contributed by atoms with E-state index in [1.165, 1.54) is 31.3 Å². The van der Waals surface area contributed by atoms with Gasteiger partial charge in [-0.25, -0.2) is 0 Å². The van der Waals surface area contributed by atoms with Crippen LogP contribution in [0.1, 0.15) is 66.7 Å². The second kappa shape index (κ2) is 9.09. The van der Waals surface area contributed by atoms with Crippen molar-refractivity contribution in [2.24, 2.45) is 10.4 Å². The molecule has 0 saturated carbocycles. The largest absolute Gasteiger partial charge is 0.394 e. The summed E-state index contributed by atoms with van der Waals surface area (Å²) in [5.74, 6) is 0. The van der Waals surface area contributed by atoms with E-state index in [4.69, 9.17) is 5.11 Å². The first-order chi connectivity index (χ1) is 10.4. The Labute approximate surface area is 136 Å². The molecule has 1 N–H and O–H groups in total. The first kappa shape index (κ1) is 18.9. The zero-order valence-electron chi connectivity index (χ0n) is 15.1. The van der Waals surface area contributed by atoms with E-state index in [-0.39, 0.29) is 6.61 Å². The molecular formula is C20H33NO. The number of aliphatic hydroxyl groups excluding tert-OH is 1. The van der Waals surface area contributed by atoms with Crippen LogP contribution >= 0.6 is 0 Å². The normalized spacial score (nSPS) is 20.1. The van der Waals surface area contributed by atoms with Gasteiger partial charge < -0.3 is 5.11 Å². The zero-order chi connectivity index (χ0) is 16.6. The van der Waals surface area contributed by atoms with Crippen LogP contribution in [0.5, 0.6) is 0 Å². The van der Waals surface area contributed by atoms with E-state index in [1.807, 2.05) is 13.0 Å². The first-order valence-corrected chi connectivity index (χ1v) is 8.51. The van der Waals surface area contributed by atoms with E-state index in [2.05, 4.69) is 44.8 Å². The smallest absolute Gasteiger partial charge is 0.0627 e. The fourth-order valence-corrected chi connectivity index (χ4v) is 3.26. The fraction of sp³-hybridized carbons (Fsp3) is 0.650. The molecule has 0 saturated heterocycles. The predicted molar refractivity (Wildman–Crippen MR) is 97.5 cm³/mol. The Morgan fingerprint density at radius 3 is 2.68 bits per heavy atom. The topological polar surface area (TPSA) is 32.6 Å². The lowest BCUT2D eigenvalue weighted by Gasteiger charge is -2.34. The van der Waals surface area contributed by atoms with Gasteiger partial charge in [0, 0.05) is 5.71 Å². The summed E-state index contributed by atoms with van der Waals surface area (Å²) in [6.45, 7) is 11.9. The molecule has 0 heterocycles. The summed E-state index contributed by atoms with van der Waals surface area (Å²) in [7, 11) is 0. The van der Waals surface area contributed by atoms with Gasteiger partial charge in [-0.15, -0.1) is 0 Å². The fourth-order valence-electron chi connectivity index (χ4n) is 3.26. The Morgan fingerprint density at radius 2 is 2.05 bits per heavy atom. The molecule has 0 aromatic heterocycles. The molecule has 0 aromatic carbocycles. The quantitative estimate of drug-likeness (QED) is 0.389. The highest BCUT2D eigenvalue weighted by Gasteiger charge is 2.27. The van der Waals surface area contributed by atoms with Gasteiger partial charge in [0.1, 0.15) is 0 Å². The number of hydrogen-bond acceptors (Lipinski definition) is 2. The van der Waals surface area contributed by atoms with Gasteiger partial charge in [0.05, 0.1) is 13.2 Å². The van der Waals surface area contributed by atoms with E-state index < -0.39 is 0 Å². The van der Waals surface area contributed by atoms with Crippen LogP contribution in [0.3, 0.4) is 0 Å². The maximum Gasteiger partial charge on any atom is 0.0627 e. The van der Waals surface area contributed by atoms with E-state index in [0.717, 1.165) is 12.1 Å². The van der Waals surface area contributed by atoms with Gasteiger partial charge in [-0.2, -0.15) is 0 Å². The molecule has 0 unspecified atom stereocenters. The van der Waals surface area contributed by atoms with Crippen LogP contribution in [0.25, 0.3) is 0 Å². The molecule has 22 heavy (non-hydrogen) atoms. The van der Waals surface area contributed by atoms with Gasteiger partial charge in [-0.1, -0.05) is 42.7 Å². The summed E-state index contributed by atoms with van der Waals surface area (Å²) in [5.41, 5.74) is 6.05. The second-order valence-electron chi connectivity index (χ2n) is 7.12. The molecule has 0 fully saturated rings. The summed E-state index contributed by atoms with van der Waals surface area (Å²) in [6.07, 6.45) is 12.5. The van der Waals surface area contributed by atoms with Gasteiger partial charge in [0.2, 0.25) is 0 Å². The highest BCUT2D eigenvalue weighted by molar-refractivity contribution is 5.92. The van der Waals surface area contributed by atoms with Gasteiger partial charge in [0.15, 0.2) is 0 Å². The standard InChI is InChI=1S/C20H33NO/c1-16(8-6-10-18(3)21-14-15-22)11-12-19-17(2)9-7-13-20(19,4)5/h6,8,10,22H,7,9,11-15H2,1-5H3. The molecule has 0 radical (unpaired) electrons. The van der Waals surface area contributed by atoms with Crippen molar-refractivity contribution >= 4 is 5.71 Å². The first-order valence-electron chi connectivity index (χ1n) is 8.51. The van der Waals surface area contributed by atoms with Crippen molar-refractivity contribution in [3.63, 3.8) is 0 Å². The molecule has 1 aliphatic rings. The molecule has 0 amide bonds. The van der Waals surface area contributed by atoms with Crippen molar-refractivity contribution in [2.45, 2.75) is 66.7 Å². The minimum Gasteiger partial charge on any atom is -0.394 e. The van der Waals surface area contributed by atoms with Crippen molar-refractivity contribution < 1.29 is 5.11 Å². The summed E-state index contributed by atoms with van der Waals surface area (Å²) in [4.78, 5) is 4.23. The van der Waals surface area contributed by atoms with Gasteiger partial charge in [-0.3, -0.25) is 4.99 Å². The van der Waals surface area contributed by atoms with Crippen molar-refractivity contribution in [3.05, 3.63) is 34.9 Å². The van der Waals surface area contributed by atoms with Crippen molar-refractivity contribution in [1.29, 1.82) is 0 Å². The van der Waals surface area contributed by atoms with Crippen LogP contribution in [0.4, 0.5) is 0 Å². The Bertz CT molecular complexity index is 478. The van der Waals surface area contributed by atoms with Crippen LogP contribution in [-0.4, -0.2) is 24.0 Å². The summed E-state index contributed by atoms with van der Waals surface area (Å²) >= 11 is 0. The van der Waals surface area contributed by atoms with Crippen LogP contribution in [0, 0.1) is 5.41 Å². The molecule has 2 heteroatoms. The Kier molecular flexibility index (Phi) is 7.81. The maximum atomic E-state index is 8.74. The lowest BCUT2D eigenvalue weighted by Crippen LogP contribution is -2.20. The number of allylic oxidation sites excluding steroid dienone is 6. The summed E-state index contributed by atoms with van der Waals surface area (Å²) in [6, 6.07) is 0. The molecule has 1 rings (SSSR count). The van der Waals surface area contributed by atoms with E-state index in [1.54, 1.807) is 11.1 Å². The van der Waals surface area contributed by atoms with Gasteiger partial charge >= 0.3 is 0 Å². The Hall–Kier alpha value is -1.15. The molecule has 1 aliphatic carbocycles. The number of aliphatic hydroxyl groups is 1. The molecule has 124 valence electrons. The minimum atomic E-state index is 0.115. The molecule has 0 spiro atoms. The van der Waals surface area contributed by atoms with Crippen molar-refractivity contribution in [3.8, 4) is 0 Å². The highest BCUT2D eigenvalue weighted by atomic mass is 16.3. The van der Waals surface area contributed by atoms with Crippen molar-refractivity contribution in [2.75, 3.05) is 13.2 Å². The number of rotatable bonds is 7. The molecule has 2 nitrogen and oxygen atoms in total. The summed E-state index contributed by atoms with van der Waals surface area (Å²) < 4.78 is 0. The van der Waals surface area contributed by atoms with E-state index >= 15 is 0 Å². The monoisotopic (exact) mass is 303 g/mol. The average molecular weight is 303 g/mol. The van der Waals surface area contributed by atoms with Crippen LogP contribution in [0.2, 0.25) is 0 Å². The maximum absolute atomic E-state index is 8.74. The number of hydrogen-bond donors (Lipinski definition) is 1. The van der Waals surface area contributed by atoms with Crippen LogP contribution in [0.15, 0.2) is 39.9 Å². The zero-order valence-corrected chi connectivity index (χ0v) is 15.1. The summed E-state index contributed by atoms with van der Waals surface area (Å²) in [5, 5.41) is 8.74. The lowest BCUT2D eigenvalue weighted by atomic mass is 9.71. The minimum absolute atomic E-state index is 0.115. The third kappa shape index (κ3) is 6.31. The second-order valence-corrected chi connectivity index (χ2v) is 7.12. The SMILES string of the molecule is CC(=CC=CC(C)=NCCO)CCC1=C(C)CCCC1(C)C. The van der Waals surface area contributed by atoms with Crippen LogP contribution in [-0.2, 0) is 0 Å². The molecular weight excluding hydrogens is 270 g/mol. The van der Waals surface area contributed by atoms with Crippen molar-refractivity contribution in [1.82, 2.24) is 0 Å². The van der Waals surface area contributed by atoms with E-state index in [9.17, 15) is 0 Å². The third-order valence-corrected chi connectivity index (χ3v) is 4.63. The van der Waals surface area contributed by atoms with Gasteiger partial charge in [-0.05, 0) is 64.4 Å². The predicted octanol–water partition coefficient (Wildman–Crippen LogP) is 5.25. The molecule has 0 aromatic rings. The average Bonchev–Trinajstić information content (AvgIpc) is 2.43. The number of nitrogens with zero attached hydrogens (tertiary/aromatic N) is 1. The molecule has 0 atom stereocenters. The van der Waals surface area contributed by atoms with Crippen LogP contribution < -0.4 is 0 Å². The highest BCUT2D eigenvalue weighted by Crippen LogP contribution is 2.42. The Balaban J connectivity index is 2.57.